The Morgan fingerprint density at radius 1 is 1.42 bits per heavy atom. The highest BCUT2D eigenvalue weighted by molar-refractivity contribution is 6.35. The normalized spacial score (nSPS) is 18.9. The van der Waals surface area contributed by atoms with Crippen molar-refractivity contribution in [2.75, 3.05) is 13.1 Å². The number of amides is 1. The molecule has 2 rings (SSSR count). The zero-order valence-electron chi connectivity index (χ0n) is 10.7. The van der Waals surface area contributed by atoms with Gasteiger partial charge >= 0.3 is 0 Å². The maximum atomic E-state index is 12.2. The van der Waals surface area contributed by atoms with Crippen molar-refractivity contribution >= 4 is 29.1 Å². The molecule has 3 nitrogen and oxygen atoms in total. The Bertz CT molecular complexity index is 465. The van der Waals surface area contributed by atoms with E-state index in [1.807, 2.05) is 11.0 Å². The zero-order chi connectivity index (χ0) is 13.8. The second-order valence-corrected chi connectivity index (χ2v) is 5.70. The molecule has 1 amide bonds. The van der Waals surface area contributed by atoms with Gasteiger partial charge in [-0.3, -0.25) is 4.79 Å². The van der Waals surface area contributed by atoms with Crippen molar-refractivity contribution in [1.29, 1.82) is 0 Å². The van der Waals surface area contributed by atoms with E-state index in [9.17, 15) is 4.79 Å². The minimum atomic E-state index is 0.166. The van der Waals surface area contributed by atoms with Crippen LogP contribution in [0.1, 0.15) is 24.8 Å². The highest BCUT2D eigenvalue weighted by Crippen LogP contribution is 2.23. The lowest BCUT2D eigenvalue weighted by Crippen LogP contribution is -2.40. The molecule has 1 fully saturated rings. The number of nitrogens with zero attached hydrogens (tertiary/aromatic N) is 1. The first-order chi connectivity index (χ1) is 9.11. The Hall–Kier alpha value is -0.770. The molecule has 0 aromatic heterocycles. The van der Waals surface area contributed by atoms with Crippen LogP contribution in [-0.2, 0) is 11.2 Å². The van der Waals surface area contributed by atoms with Gasteiger partial charge in [0, 0.05) is 35.6 Å². The summed E-state index contributed by atoms with van der Waals surface area (Å²) in [5.41, 5.74) is 6.64. The molecule has 19 heavy (non-hydrogen) atoms. The third-order valence-corrected chi connectivity index (χ3v) is 4.18. The SMILES string of the molecule is NC[C@H]1CCCN1C(=O)CCc1ccc(Cl)cc1Cl. The summed E-state index contributed by atoms with van der Waals surface area (Å²) >= 11 is 11.9. The first-order valence-electron chi connectivity index (χ1n) is 6.55. The van der Waals surface area contributed by atoms with Crippen LogP contribution in [0.5, 0.6) is 0 Å². The predicted octanol–water partition coefficient (Wildman–Crippen LogP) is 2.88. The van der Waals surface area contributed by atoms with Gasteiger partial charge in [-0.25, -0.2) is 0 Å². The van der Waals surface area contributed by atoms with Crippen LogP contribution in [0.15, 0.2) is 18.2 Å². The van der Waals surface area contributed by atoms with Gasteiger partial charge in [0.2, 0.25) is 5.91 Å². The van der Waals surface area contributed by atoms with Crippen molar-refractivity contribution in [2.24, 2.45) is 5.73 Å². The van der Waals surface area contributed by atoms with Crippen LogP contribution in [0, 0.1) is 0 Å². The average molecular weight is 301 g/mol. The summed E-state index contributed by atoms with van der Waals surface area (Å²) < 4.78 is 0. The molecule has 1 aliphatic rings. The van der Waals surface area contributed by atoms with E-state index in [0.717, 1.165) is 24.9 Å². The first-order valence-corrected chi connectivity index (χ1v) is 7.31. The molecule has 1 saturated heterocycles. The summed E-state index contributed by atoms with van der Waals surface area (Å²) in [4.78, 5) is 14.1. The molecular formula is C14H18Cl2N2O. The van der Waals surface area contributed by atoms with Gasteiger partial charge in [0.15, 0.2) is 0 Å². The molecule has 2 N–H and O–H groups in total. The fourth-order valence-corrected chi connectivity index (χ4v) is 3.02. The van der Waals surface area contributed by atoms with E-state index < -0.39 is 0 Å². The Labute approximate surface area is 123 Å². The number of carbonyl (C=O) groups is 1. The standard InChI is InChI=1S/C14H18Cl2N2O/c15-11-5-3-10(13(16)8-11)4-6-14(19)18-7-1-2-12(18)9-17/h3,5,8,12H,1-2,4,6-7,9,17H2/t12-/m1/s1. The second-order valence-electron chi connectivity index (χ2n) is 4.85. The number of hydrogen-bond acceptors (Lipinski definition) is 2. The van der Waals surface area contributed by atoms with E-state index in [4.69, 9.17) is 28.9 Å². The smallest absolute Gasteiger partial charge is 0.223 e. The molecule has 1 aromatic rings. The number of hydrogen-bond donors (Lipinski definition) is 1. The third-order valence-electron chi connectivity index (χ3n) is 3.59. The van der Waals surface area contributed by atoms with Crippen LogP contribution in [0.3, 0.4) is 0 Å². The lowest BCUT2D eigenvalue weighted by molar-refractivity contribution is -0.131. The Morgan fingerprint density at radius 2 is 2.21 bits per heavy atom. The van der Waals surface area contributed by atoms with Crippen LogP contribution < -0.4 is 5.73 Å². The fourth-order valence-electron chi connectivity index (χ4n) is 2.52. The monoisotopic (exact) mass is 300 g/mol. The molecule has 0 saturated carbocycles. The highest BCUT2D eigenvalue weighted by Gasteiger charge is 2.26. The lowest BCUT2D eigenvalue weighted by atomic mass is 10.1. The van der Waals surface area contributed by atoms with Gasteiger partial charge in [-0.1, -0.05) is 29.3 Å². The largest absolute Gasteiger partial charge is 0.338 e. The predicted molar refractivity (Wildman–Crippen MR) is 78.6 cm³/mol. The maximum Gasteiger partial charge on any atom is 0.223 e. The second kappa shape index (κ2) is 6.60. The zero-order valence-corrected chi connectivity index (χ0v) is 12.3. The summed E-state index contributed by atoms with van der Waals surface area (Å²) in [6.45, 7) is 1.38. The van der Waals surface area contributed by atoms with Crippen molar-refractivity contribution in [3.8, 4) is 0 Å². The number of aryl methyl sites for hydroxylation is 1. The molecule has 0 bridgehead atoms. The van der Waals surface area contributed by atoms with Crippen LogP contribution >= 0.6 is 23.2 Å². The highest BCUT2D eigenvalue weighted by atomic mass is 35.5. The lowest BCUT2D eigenvalue weighted by Gasteiger charge is -2.23. The van der Waals surface area contributed by atoms with E-state index in [2.05, 4.69) is 0 Å². The number of rotatable bonds is 4. The van der Waals surface area contributed by atoms with Gasteiger partial charge in [0.05, 0.1) is 0 Å². The summed E-state index contributed by atoms with van der Waals surface area (Å²) in [5, 5.41) is 1.24. The topological polar surface area (TPSA) is 46.3 Å². The number of carbonyl (C=O) groups excluding carboxylic acids is 1. The molecule has 1 aromatic carbocycles. The number of likely N-dealkylation sites (tertiary alicyclic amines) is 1. The van der Waals surface area contributed by atoms with E-state index in [0.29, 0.717) is 29.4 Å². The van der Waals surface area contributed by atoms with E-state index in [1.165, 1.54) is 0 Å². The molecule has 0 aliphatic carbocycles. The van der Waals surface area contributed by atoms with Gasteiger partial charge in [0.1, 0.15) is 0 Å². The number of nitrogens with two attached hydrogens (primary N) is 1. The summed E-state index contributed by atoms with van der Waals surface area (Å²) in [7, 11) is 0. The minimum absolute atomic E-state index is 0.166. The van der Waals surface area contributed by atoms with Gasteiger partial charge in [-0.2, -0.15) is 0 Å². The molecule has 0 spiro atoms. The average Bonchev–Trinajstić information content (AvgIpc) is 2.85. The fraction of sp³-hybridized carbons (Fsp3) is 0.500. The quantitative estimate of drug-likeness (QED) is 0.929. The van der Waals surface area contributed by atoms with Crippen molar-refractivity contribution in [1.82, 2.24) is 4.90 Å². The molecule has 0 radical (unpaired) electrons. The van der Waals surface area contributed by atoms with E-state index in [-0.39, 0.29) is 11.9 Å². The Kier molecular flexibility index (Phi) is 5.08. The van der Waals surface area contributed by atoms with E-state index in [1.54, 1.807) is 12.1 Å². The van der Waals surface area contributed by atoms with Gasteiger partial charge in [-0.05, 0) is 37.0 Å². The summed E-state index contributed by atoms with van der Waals surface area (Å²) in [6.07, 6.45) is 3.18. The number of halogens is 2. The summed E-state index contributed by atoms with van der Waals surface area (Å²) in [5.74, 6) is 0.166. The van der Waals surface area contributed by atoms with Gasteiger partial charge < -0.3 is 10.6 Å². The summed E-state index contributed by atoms with van der Waals surface area (Å²) in [6, 6.07) is 5.60. The molecule has 1 heterocycles. The first kappa shape index (κ1) is 14.6. The van der Waals surface area contributed by atoms with Crippen molar-refractivity contribution < 1.29 is 4.79 Å². The molecular weight excluding hydrogens is 283 g/mol. The third kappa shape index (κ3) is 3.62. The van der Waals surface area contributed by atoms with Crippen molar-refractivity contribution in [2.45, 2.75) is 31.7 Å². The van der Waals surface area contributed by atoms with Crippen LogP contribution in [0.25, 0.3) is 0 Å². The molecule has 1 atom stereocenters. The van der Waals surface area contributed by atoms with Gasteiger partial charge in [-0.15, -0.1) is 0 Å². The molecule has 1 aliphatic heterocycles. The van der Waals surface area contributed by atoms with E-state index >= 15 is 0 Å². The Balaban J connectivity index is 1.93. The van der Waals surface area contributed by atoms with Crippen LogP contribution in [-0.4, -0.2) is 29.9 Å². The number of benzene rings is 1. The van der Waals surface area contributed by atoms with Gasteiger partial charge in [0.25, 0.3) is 0 Å². The van der Waals surface area contributed by atoms with Crippen molar-refractivity contribution in [3.05, 3.63) is 33.8 Å². The molecule has 0 unspecified atom stereocenters. The minimum Gasteiger partial charge on any atom is -0.338 e. The van der Waals surface area contributed by atoms with Crippen molar-refractivity contribution in [3.63, 3.8) is 0 Å². The van der Waals surface area contributed by atoms with Crippen LogP contribution in [0.2, 0.25) is 10.0 Å². The molecule has 5 heteroatoms. The Morgan fingerprint density at radius 3 is 2.89 bits per heavy atom. The maximum absolute atomic E-state index is 12.2. The van der Waals surface area contributed by atoms with Crippen LogP contribution in [0.4, 0.5) is 0 Å². The molecule has 104 valence electrons.